The third-order valence-electron chi connectivity index (χ3n) is 4.06. The van der Waals surface area contributed by atoms with E-state index < -0.39 is 6.10 Å². The highest BCUT2D eigenvalue weighted by atomic mass is 16.5. The van der Waals surface area contributed by atoms with Crippen molar-refractivity contribution < 1.29 is 9.84 Å². The summed E-state index contributed by atoms with van der Waals surface area (Å²) >= 11 is 0. The van der Waals surface area contributed by atoms with Gasteiger partial charge in [-0.25, -0.2) is 0 Å². The molecular formula is C15H21NO2. The molecule has 0 aromatic carbocycles. The molecule has 1 atom stereocenters. The lowest BCUT2D eigenvalue weighted by Gasteiger charge is -2.25. The quantitative estimate of drug-likeness (QED) is 0.873. The molecule has 0 radical (unpaired) electrons. The van der Waals surface area contributed by atoms with Crippen molar-refractivity contribution in [2.24, 2.45) is 0 Å². The van der Waals surface area contributed by atoms with E-state index in [-0.39, 0.29) is 0 Å². The topological polar surface area (TPSA) is 42.4 Å². The Hall–Kier alpha value is -1.09. The molecule has 1 N–H and O–H groups in total. The molecule has 0 spiro atoms. The van der Waals surface area contributed by atoms with Gasteiger partial charge in [0.1, 0.15) is 5.75 Å². The Balaban J connectivity index is 1.92. The zero-order valence-electron chi connectivity index (χ0n) is 11.0. The standard InChI is InChI=1S/C15H21NO2/c1-10-9-14(18-11-5-2-3-6-11)12-7-4-8-13(17)15(12)16-10/h9,11,13,17H,2-8H2,1H3. The van der Waals surface area contributed by atoms with Crippen molar-refractivity contribution in [3.63, 3.8) is 0 Å². The number of ether oxygens (including phenoxy) is 1. The molecule has 3 rings (SSSR count). The molecule has 0 aliphatic heterocycles. The van der Waals surface area contributed by atoms with Crippen LogP contribution < -0.4 is 4.74 Å². The lowest BCUT2D eigenvalue weighted by molar-refractivity contribution is 0.147. The van der Waals surface area contributed by atoms with Crippen molar-refractivity contribution in [2.75, 3.05) is 0 Å². The van der Waals surface area contributed by atoms with E-state index in [0.29, 0.717) is 6.10 Å². The molecule has 1 fully saturated rings. The molecule has 0 amide bonds. The van der Waals surface area contributed by atoms with Gasteiger partial charge in [0.15, 0.2) is 0 Å². The lowest BCUT2D eigenvalue weighted by Crippen LogP contribution is -2.17. The number of fused-ring (bicyclic) bond motifs is 1. The van der Waals surface area contributed by atoms with Crippen LogP contribution in [0.1, 0.15) is 61.6 Å². The molecule has 3 heteroatoms. The smallest absolute Gasteiger partial charge is 0.126 e. The molecule has 0 saturated heterocycles. The predicted octanol–water partition coefficient (Wildman–Crippen LogP) is 3.08. The van der Waals surface area contributed by atoms with Crippen LogP contribution in [0.3, 0.4) is 0 Å². The summed E-state index contributed by atoms with van der Waals surface area (Å²) in [7, 11) is 0. The first kappa shape index (κ1) is 12.0. The van der Waals surface area contributed by atoms with E-state index in [2.05, 4.69) is 4.98 Å². The Bertz CT molecular complexity index is 438. The van der Waals surface area contributed by atoms with Gasteiger partial charge in [0, 0.05) is 17.3 Å². The summed E-state index contributed by atoms with van der Waals surface area (Å²) in [5, 5.41) is 10.1. The summed E-state index contributed by atoms with van der Waals surface area (Å²) in [6, 6.07) is 2.04. The fraction of sp³-hybridized carbons (Fsp3) is 0.667. The van der Waals surface area contributed by atoms with Gasteiger partial charge in [0.05, 0.1) is 17.9 Å². The number of aromatic nitrogens is 1. The molecule has 18 heavy (non-hydrogen) atoms. The second-order valence-corrected chi connectivity index (χ2v) is 5.56. The van der Waals surface area contributed by atoms with Gasteiger partial charge >= 0.3 is 0 Å². The van der Waals surface area contributed by atoms with Crippen LogP contribution in [0.25, 0.3) is 0 Å². The Morgan fingerprint density at radius 2 is 2.00 bits per heavy atom. The lowest BCUT2D eigenvalue weighted by atomic mass is 9.92. The predicted molar refractivity (Wildman–Crippen MR) is 69.8 cm³/mol. The molecule has 3 nitrogen and oxygen atoms in total. The fourth-order valence-electron chi connectivity index (χ4n) is 3.12. The molecule has 0 bridgehead atoms. The number of pyridine rings is 1. The molecule has 2 aliphatic rings. The normalized spacial score (nSPS) is 24.0. The van der Waals surface area contributed by atoms with Gasteiger partial charge in [-0.3, -0.25) is 4.98 Å². The number of hydrogen-bond acceptors (Lipinski definition) is 3. The second-order valence-electron chi connectivity index (χ2n) is 5.56. The van der Waals surface area contributed by atoms with Crippen molar-refractivity contribution in [3.8, 4) is 5.75 Å². The van der Waals surface area contributed by atoms with Gasteiger partial charge < -0.3 is 9.84 Å². The summed E-state index contributed by atoms with van der Waals surface area (Å²) in [6.07, 6.45) is 7.69. The van der Waals surface area contributed by atoms with E-state index in [0.717, 1.165) is 42.0 Å². The van der Waals surface area contributed by atoms with Crippen LogP contribution in [0.2, 0.25) is 0 Å². The zero-order chi connectivity index (χ0) is 12.5. The van der Waals surface area contributed by atoms with Crippen molar-refractivity contribution in [1.29, 1.82) is 0 Å². The molecular weight excluding hydrogens is 226 g/mol. The number of nitrogens with zero attached hydrogens (tertiary/aromatic N) is 1. The summed E-state index contributed by atoms with van der Waals surface area (Å²) in [5.41, 5.74) is 2.95. The van der Waals surface area contributed by atoms with Crippen LogP contribution in [-0.4, -0.2) is 16.2 Å². The largest absolute Gasteiger partial charge is 0.490 e. The number of aliphatic hydroxyl groups is 1. The number of hydrogen-bond donors (Lipinski definition) is 1. The van der Waals surface area contributed by atoms with Crippen LogP contribution in [-0.2, 0) is 6.42 Å². The summed E-state index contributed by atoms with van der Waals surface area (Å²) in [5.74, 6) is 0.975. The third kappa shape index (κ3) is 2.24. The van der Waals surface area contributed by atoms with Gasteiger partial charge in [0.25, 0.3) is 0 Å². The van der Waals surface area contributed by atoms with Crippen molar-refractivity contribution >= 4 is 0 Å². The molecule has 2 aliphatic carbocycles. The Kier molecular flexibility index (Phi) is 3.25. The van der Waals surface area contributed by atoms with Crippen LogP contribution in [0.15, 0.2) is 6.07 Å². The third-order valence-corrected chi connectivity index (χ3v) is 4.06. The van der Waals surface area contributed by atoms with E-state index in [1.807, 2.05) is 13.0 Å². The molecule has 1 saturated carbocycles. The van der Waals surface area contributed by atoms with E-state index >= 15 is 0 Å². The van der Waals surface area contributed by atoms with E-state index in [4.69, 9.17) is 4.74 Å². The van der Waals surface area contributed by atoms with Crippen LogP contribution >= 0.6 is 0 Å². The average Bonchev–Trinajstić information content (AvgIpc) is 2.83. The van der Waals surface area contributed by atoms with E-state index in [1.54, 1.807) is 0 Å². The highest BCUT2D eigenvalue weighted by molar-refractivity contribution is 5.40. The Labute approximate surface area is 108 Å². The minimum absolute atomic E-state index is 0.370. The maximum atomic E-state index is 10.1. The maximum absolute atomic E-state index is 10.1. The first-order valence-electron chi connectivity index (χ1n) is 7.09. The first-order valence-corrected chi connectivity index (χ1v) is 7.09. The zero-order valence-corrected chi connectivity index (χ0v) is 11.0. The Morgan fingerprint density at radius 1 is 1.22 bits per heavy atom. The Morgan fingerprint density at radius 3 is 2.78 bits per heavy atom. The van der Waals surface area contributed by atoms with Gasteiger partial charge in [-0.05, 0) is 51.9 Å². The number of rotatable bonds is 2. The van der Waals surface area contributed by atoms with E-state index in [1.165, 1.54) is 25.7 Å². The molecule has 1 aromatic rings. The minimum Gasteiger partial charge on any atom is -0.490 e. The molecule has 98 valence electrons. The first-order chi connectivity index (χ1) is 8.74. The summed E-state index contributed by atoms with van der Waals surface area (Å²) in [4.78, 5) is 4.50. The monoisotopic (exact) mass is 247 g/mol. The highest BCUT2D eigenvalue weighted by Gasteiger charge is 2.25. The van der Waals surface area contributed by atoms with Crippen molar-refractivity contribution in [3.05, 3.63) is 23.0 Å². The number of aryl methyl sites for hydroxylation is 1. The average molecular weight is 247 g/mol. The van der Waals surface area contributed by atoms with Gasteiger partial charge in [-0.15, -0.1) is 0 Å². The SMILES string of the molecule is Cc1cc(OC2CCCC2)c2c(n1)C(O)CCC2. The molecule has 1 unspecified atom stereocenters. The van der Waals surface area contributed by atoms with Crippen LogP contribution in [0.5, 0.6) is 5.75 Å². The van der Waals surface area contributed by atoms with Gasteiger partial charge in [-0.2, -0.15) is 0 Å². The van der Waals surface area contributed by atoms with E-state index in [9.17, 15) is 5.11 Å². The summed E-state index contributed by atoms with van der Waals surface area (Å²) < 4.78 is 6.15. The maximum Gasteiger partial charge on any atom is 0.126 e. The van der Waals surface area contributed by atoms with Crippen LogP contribution in [0.4, 0.5) is 0 Å². The van der Waals surface area contributed by atoms with Crippen LogP contribution in [0, 0.1) is 6.92 Å². The molecule has 1 heterocycles. The van der Waals surface area contributed by atoms with Gasteiger partial charge in [0.2, 0.25) is 0 Å². The second kappa shape index (κ2) is 4.88. The van der Waals surface area contributed by atoms with Gasteiger partial charge in [-0.1, -0.05) is 0 Å². The van der Waals surface area contributed by atoms with Crippen molar-refractivity contribution in [1.82, 2.24) is 4.98 Å². The highest BCUT2D eigenvalue weighted by Crippen LogP contribution is 2.36. The number of aliphatic hydroxyl groups excluding tert-OH is 1. The van der Waals surface area contributed by atoms with Crippen molar-refractivity contribution in [2.45, 2.75) is 64.1 Å². The molecule has 1 aromatic heterocycles. The minimum atomic E-state index is -0.403. The fourth-order valence-corrected chi connectivity index (χ4v) is 3.12. The summed E-state index contributed by atoms with van der Waals surface area (Å²) in [6.45, 7) is 1.98.